The van der Waals surface area contributed by atoms with Crippen LogP contribution in [0.5, 0.6) is 0 Å². The molecule has 0 saturated carbocycles. The number of nitrogens with zero attached hydrogens (tertiary/aromatic N) is 2. The van der Waals surface area contributed by atoms with E-state index in [1.807, 2.05) is 32.9 Å². The van der Waals surface area contributed by atoms with Gasteiger partial charge in [0, 0.05) is 31.4 Å². The summed E-state index contributed by atoms with van der Waals surface area (Å²) in [6.07, 6.45) is 7.07. The van der Waals surface area contributed by atoms with Gasteiger partial charge >= 0.3 is 6.09 Å². The molecule has 1 aliphatic rings. The van der Waals surface area contributed by atoms with Gasteiger partial charge in [-0.1, -0.05) is 11.2 Å². The SMILES string of the molecule is CC(C)(C)OC(=O)N1CCC(C[S+]([O-])CCCc2ccncc2)CC1. The minimum absolute atomic E-state index is 0.232. The average Bonchev–Trinajstić information content (AvgIpc) is 2.55. The number of carbonyl (C=O) groups excluding carboxylic acids is 1. The minimum atomic E-state index is -0.779. The van der Waals surface area contributed by atoms with Gasteiger partial charge in [-0.2, -0.15) is 0 Å². The third-order valence-electron chi connectivity index (χ3n) is 4.27. The maximum absolute atomic E-state index is 12.3. The summed E-state index contributed by atoms with van der Waals surface area (Å²) in [5.74, 6) is 1.94. The van der Waals surface area contributed by atoms with Gasteiger partial charge in [0.2, 0.25) is 0 Å². The third kappa shape index (κ3) is 7.65. The molecule has 6 heteroatoms. The lowest BCUT2D eigenvalue weighted by Crippen LogP contribution is -2.42. The van der Waals surface area contributed by atoms with Crippen LogP contribution in [-0.4, -0.2) is 50.7 Å². The zero-order valence-corrected chi connectivity index (χ0v) is 16.4. The van der Waals surface area contributed by atoms with Crippen molar-refractivity contribution in [2.45, 2.75) is 52.1 Å². The van der Waals surface area contributed by atoms with Crippen molar-refractivity contribution in [1.82, 2.24) is 9.88 Å². The van der Waals surface area contributed by atoms with Crippen LogP contribution in [-0.2, 0) is 22.3 Å². The standard InChI is InChI=1S/C19H30N2O3S/c1-19(2,3)24-18(22)21-12-8-17(9-13-21)15-25(23)14-4-5-16-6-10-20-11-7-16/h6-7,10-11,17H,4-5,8-9,12-15H2,1-3H3. The van der Waals surface area contributed by atoms with Gasteiger partial charge in [-0.25, -0.2) is 4.79 Å². The Kier molecular flexibility index (Phi) is 7.56. The molecule has 1 amide bonds. The van der Waals surface area contributed by atoms with Gasteiger partial charge in [0.05, 0.1) is 0 Å². The molecule has 1 aliphatic heterocycles. The van der Waals surface area contributed by atoms with Crippen LogP contribution >= 0.6 is 0 Å². The van der Waals surface area contributed by atoms with E-state index in [2.05, 4.69) is 4.98 Å². The Morgan fingerprint density at radius 1 is 1.32 bits per heavy atom. The summed E-state index contributed by atoms with van der Waals surface area (Å²) >= 11 is -0.779. The summed E-state index contributed by atoms with van der Waals surface area (Å²) in [6.45, 7) is 7.05. The number of amides is 1. The molecule has 0 N–H and O–H groups in total. The van der Waals surface area contributed by atoms with Crippen LogP contribution in [0.2, 0.25) is 0 Å². The Labute approximate surface area is 154 Å². The number of carbonyl (C=O) groups is 1. The first-order valence-corrected chi connectivity index (χ1v) is 10.5. The molecule has 1 aromatic heterocycles. The van der Waals surface area contributed by atoms with Crippen molar-refractivity contribution in [3.8, 4) is 0 Å². The van der Waals surface area contributed by atoms with Gasteiger partial charge in [0.15, 0.2) is 0 Å². The van der Waals surface area contributed by atoms with Crippen molar-refractivity contribution in [2.75, 3.05) is 24.6 Å². The summed E-state index contributed by atoms with van der Waals surface area (Å²) in [5, 5.41) is 0. The van der Waals surface area contributed by atoms with E-state index >= 15 is 0 Å². The second-order valence-corrected chi connectivity index (χ2v) is 9.30. The van der Waals surface area contributed by atoms with Crippen molar-refractivity contribution >= 4 is 17.3 Å². The molecule has 2 heterocycles. The molecule has 0 bridgehead atoms. The van der Waals surface area contributed by atoms with Crippen LogP contribution in [0.1, 0.15) is 45.6 Å². The number of rotatable bonds is 6. The molecule has 1 aromatic rings. The summed E-state index contributed by atoms with van der Waals surface area (Å²) < 4.78 is 17.7. The fourth-order valence-electron chi connectivity index (χ4n) is 2.94. The van der Waals surface area contributed by atoms with Crippen LogP contribution in [0.25, 0.3) is 0 Å². The summed E-state index contributed by atoms with van der Waals surface area (Å²) in [7, 11) is 0. The normalized spacial score (nSPS) is 17.4. The number of piperidine rings is 1. The second-order valence-electron chi connectivity index (χ2n) is 7.68. The smallest absolute Gasteiger partial charge is 0.410 e. The first-order valence-electron chi connectivity index (χ1n) is 9.05. The monoisotopic (exact) mass is 366 g/mol. The molecule has 1 saturated heterocycles. The van der Waals surface area contributed by atoms with Crippen LogP contribution in [0, 0.1) is 5.92 Å². The molecule has 0 radical (unpaired) electrons. The zero-order valence-electron chi connectivity index (χ0n) is 15.6. The number of hydrogen-bond acceptors (Lipinski definition) is 4. The van der Waals surface area contributed by atoms with E-state index in [9.17, 15) is 9.35 Å². The van der Waals surface area contributed by atoms with Gasteiger partial charge in [-0.05, 0) is 64.2 Å². The molecule has 140 valence electrons. The average molecular weight is 367 g/mol. The van der Waals surface area contributed by atoms with Crippen molar-refractivity contribution in [3.63, 3.8) is 0 Å². The number of aromatic nitrogens is 1. The number of likely N-dealkylation sites (tertiary alicyclic amines) is 1. The predicted octanol–water partition coefficient (Wildman–Crippen LogP) is 3.41. The molecule has 0 aliphatic carbocycles. The Hall–Kier alpha value is -1.27. The molecule has 5 nitrogen and oxygen atoms in total. The largest absolute Gasteiger partial charge is 0.616 e. The highest BCUT2D eigenvalue weighted by atomic mass is 32.2. The van der Waals surface area contributed by atoms with E-state index in [-0.39, 0.29) is 6.09 Å². The van der Waals surface area contributed by atoms with Gasteiger partial charge in [-0.3, -0.25) is 4.98 Å². The number of ether oxygens (including phenoxy) is 1. The van der Waals surface area contributed by atoms with E-state index in [1.54, 1.807) is 17.3 Å². The van der Waals surface area contributed by atoms with Crippen LogP contribution in [0.3, 0.4) is 0 Å². The molecule has 2 rings (SSSR count). The van der Waals surface area contributed by atoms with Gasteiger partial charge in [0.25, 0.3) is 0 Å². The Balaban J connectivity index is 1.63. The molecule has 0 spiro atoms. The van der Waals surface area contributed by atoms with E-state index in [1.165, 1.54) is 5.56 Å². The van der Waals surface area contributed by atoms with Crippen LogP contribution < -0.4 is 0 Å². The van der Waals surface area contributed by atoms with Crippen molar-refractivity contribution in [2.24, 2.45) is 5.92 Å². The minimum Gasteiger partial charge on any atom is -0.616 e. The fourth-order valence-corrected chi connectivity index (χ4v) is 4.43. The van der Waals surface area contributed by atoms with Gasteiger partial charge < -0.3 is 14.2 Å². The van der Waals surface area contributed by atoms with E-state index in [0.717, 1.165) is 37.2 Å². The highest BCUT2D eigenvalue weighted by molar-refractivity contribution is 7.91. The molecule has 25 heavy (non-hydrogen) atoms. The van der Waals surface area contributed by atoms with Crippen LogP contribution in [0.4, 0.5) is 4.79 Å². The van der Waals surface area contributed by atoms with E-state index in [4.69, 9.17) is 4.74 Å². The zero-order chi connectivity index (χ0) is 18.3. The van der Waals surface area contributed by atoms with Crippen molar-refractivity contribution < 1.29 is 14.1 Å². The highest BCUT2D eigenvalue weighted by Gasteiger charge is 2.28. The molecule has 0 aromatic carbocycles. The van der Waals surface area contributed by atoms with E-state index < -0.39 is 16.8 Å². The van der Waals surface area contributed by atoms with E-state index in [0.29, 0.717) is 19.0 Å². The molecule has 1 unspecified atom stereocenters. The molecular weight excluding hydrogens is 336 g/mol. The number of pyridine rings is 1. The summed E-state index contributed by atoms with van der Waals surface area (Å²) in [6, 6.07) is 4.02. The third-order valence-corrected chi connectivity index (χ3v) is 5.86. The van der Waals surface area contributed by atoms with Gasteiger partial charge in [-0.15, -0.1) is 0 Å². The van der Waals surface area contributed by atoms with Gasteiger partial charge in [0.1, 0.15) is 17.1 Å². The molecule has 1 atom stereocenters. The second kappa shape index (κ2) is 9.43. The fraction of sp³-hybridized carbons (Fsp3) is 0.684. The lowest BCUT2D eigenvalue weighted by Gasteiger charge is -2.33. The maximum Gasteiger partial charge on any atom is 0.410 e. The molecule has 1 fully saturated rings. The first kappa shape index (κ1) is 20.0. The molecular formula is C19H30N2O3S. The summed E-state index contributed by atoms with van der Waals surface area (Å²) in [5.41, 5.74) is 0.794. The van der Waals surface area contributed by atoms with Crippen molar-refractivity contribution in [3.05, 3.63) is 30.1 Å². The lowest BCUT2D eigenvalue weighted by atomic mass is 9.99. The lowest BCUT2D eigenvalue weighted by molar-refractivity contribution is 0.0191. The Bertz CT molecular complexity index is 525. The number of hydrogen-bond donors (Lipinski definition) is 0. The quantitative estimate of drug-likeness (QED) is 0.724. The number of aryl methyl sites for hydroxylation is 1. The van der Waals surface area contributed by atoms with Crippen molar-refractivity contribution in [1.29, 1.82) is 0 Å². The predicted molar refractivity (Wildman–Crippen MR) is 101 cm³/mol. The Morgan fingerprint density at radius 3 is 2.56 bits per heavy atom. The Morgan fingerprint density at radius 2 is 1.96 bits per heavy atom. The topological polar surface area (TPSA) is 65.5 Å². The first-order chi connectivity index (χ1) is 11.8. The highest BCUT2D eigenvalue weighted by Crippen LogP contribution is 2.21. The van der Waals surface area contributed by atoms with Crippen LogP contribution in [0.15, 0.2) is 24.5 Å². The maximum atomic E-state index is 12.3. The summed E-state index contributed by atoms with van der Waals surface area (Å²) in [4.78, 5) is 17.8.